The van der Waals surface area contributed by atoms with Gasteiger partial charge in [0.25, 0.3) is 0 Å². The standard InChI is InChI=1S/C9H11ClN2O2.C9H9ClN2O/c1-5(2)14-9-7(10)3-6(4-12-9)8(11)13;1-6(2)13-9-8(10)3-7(4-11)5-12-9/h3-5H,1-2H3,(H2,11,13);3,5-6H,1-2H3. The third-order valence-corrected chi connectivity index (χ3v) is 3.26. The second-order valence-electron chi connectivity index (χ2n) is 5.83. The van der Waals surface area contributed by atoms with Crippen LogP contribution >= 0.6 is 23.2 Å². The first-order valence-electron chi connectivity index (χ1n) is 7.98. The zero-order chi connectivity index (χ0) is 20.6. The molecule has 0 saturated carbocycles. The Hall–Kier alpha value is -2.56. The minimum atomic E-state index is -0.560. The van der Waals surface area contributed by atoms with Crippen molar-refractivity contribution in [2.45, 2.75) is 39.9 Å². The van der Waals surface area contributed by atoms with Crippen molar-refractivity contribution in [1.29, 1.82) is 5.26 Å². The summed E-state index contributed by atoms with van der Waals surface area (Å²) in [6.45, 7) is 7.49. The number of rotatable bonds is 5. The first kappa shape index (κ1) is 22.5. The van der Waals surface area contributed by atoms with E-state index >= 15 is 0 Å². The Balaban J connectivity index is 0.000000271. The summed E-state index contributed by atoms with van der Waals surface area (Å²) < 4.78 is 10.6. The Morgan fingerprint density at radius 1 is 1.04 bits per heavy atom. The van der Waals surface area contributed by atoms with E-state index in [0.29, 0.717) is 22.3 Å². The number of amides is 1. The third-order valence-electron chi connectivity index (χ3n) is 2.72. The lowest BCUT2D eigenvalue weighted by atomic mass is 10.3. The Kier molecular flexibility index (Phi) is 8.79. The van der Waals surface area contributed by atoms with Gasteiger partial charge in [-0.05, 0) is 39.8 Å². The van der Waals surface area contributed by atoms with E-state index in [1.165, 1.54) is 24.5 Å². The van der Waals surface area contributed by atoms with Gasteiger partial charge in [0.15, 0.2) is 0 Å². The first-order chi connectivity index (χ1) is 12.6. The number of hydrogen-bond donors (Lipinski definition) is 1. The number of ether oxygens (including phenoxy) is 2. The van der Waals surface area contributed by atoms with Gasteiger partial charge in [-0.1, -0.05) is 23.2 Å². The molecule has 27 heavy (non-hydrogen) atoms. The number of carbonyl (C=O) groups is 1. The molecule has 2 N–H and O–H groups in total. The number of hydrogen-bond acceptors (Lipinski definition) is 6. The predicted octanol–water partition coefficient (Wildman–Crippen LogP) is 4.01. The van der Waals surface area contributed by atoms with Crippen LogP contribution < -0.4 is 15.2 Å². The molecule has 9 heteroatoms. The van der Waals surface area contributed by atoms with E-state index in [0.717, 1.165) is 0 Å². The minimum Gasteiger partial charge on any atom is -0.474 e. The summed E-state index contributed by atoms with van der Waals surface area (Å²) in [7, 11) is 0. The Morgan fingerprint density at radius 3 is 1.89 bits per heavy atom. The molecule has 2 aromatic heterocycles. The summed E-state index contributed by atoms with van der Waals surface area (Å²) >= 11 is 11.6. The number of nitriles is 1. The molecule has 0 atom stereocenters. The van der Waals surface area contributed by atoms with Gasteiger partial charge in [0, 0.05) is 12.4 Å². The maximum Gasteiger partial charge on any atom is 0.250 e. The van der Waals surface area contributed by atoms with Crippen molar-refractivity contribution < 1.29 is 14.3 Å². The molecule has 2 rings (SSSR count). The summed E-state index contributed by atoms with van der Waals surface area (Å²) in [4.78, 5) is 18.6. The molecule has 2 aromatic rings. The van der Waals surface area contributed by atoms with Gasteiger partial charge in [-0.15, -0.1) is 0 Å². The molecule has 0 aromatic carbocycles. The van der Waals surface area contributed by atoms with Gasteiger partial charge < -0.3 is 15.2 Å². The normalized spacial score (nSPS) is 10.0. The number of nitrogens with zero attached hydrogens (tertiary/aromatic N) is 3. The van der Waals surface area contributed by atoms with E-state index < -0.39 is 5.91 Å². The highest BCUT2D eigenvalue weighted by Gasteiger charge is 2.09. The van der Waals surface area contributed by atoms with Crippen LogP contribution in [-0.2, 0) is 0 Å². The summed E-state index contributed by atoms with van der Waals surface area (Å²) in [6, 6.07) is 4.92. The molecule has 0 bridgehead atoms. The number of carbonyl (C=O) groups excluding carboxylic acids is 1. The Bertz CT molecular complexity index is 836. The zero-order valence-electron chi connectivity index (χ0n) is 15.4. The monoisotopic (exact) mass is 410 g/mol. The van der Waals surface area contributed by atoms with E-state index in [-0.39, 0.29) is 22.8 Å². The highest BCUT2D eigenvalue weighted by molar-refractivity contribution is 6.32. The highest BCUT2D eigenvalue weighted by atomic mass is 35.5. The molecule has 0 radical (unpaired) electrons. The van der Waals surface area contributed by atoms with Crippen LogP contribution in [0.3, 0.4) is 0 Å². The van der Waals surface area contributed by atoms with Gasteiger partial charge >= 0.3 is 0 Å². The van der Waals surface area contributed by atoms with Gasteiger partial charge in [-0.25, -0.2) is 9.97 Å². The van der Waals surface area contributed by atoms with Crippen molar-refractivity contribution in [3.05, 3.63) is 45.7 Å². The third kappa shape index (κ3) is 7.69. The second kappa shape index (κ2) is 10.6. The van der Waals surface area contributed by atoms with Crippen molar-refractivity contribution in [2.75, 3.05) is 0 Å². The molecule has 0 spiro atoms. The van der Waals surface area contributed by atoms with Gasteiger partial charge in [-0.3, -0.25) is 4.79 Å². The molecular weight excluding hydrogens is 391 g/mol. The topological polar surface area (TPSA) is 111 Å². The van der Waals surface area contributed by atoms with E-state index in [9.17, 15) is 4.79 Å². The molecule has 1 amide bonds. The van der Waals surface area contributed by atoms with Gasteiger partial charge in [-0.2, -0.15) is 5.26 Å². The van der Waals surface area contributed by atoms with Crippen LogP contribution in [0.15, 0.2) is 24.5 Å². The van der Waals surface area contributed by atoms with Crippen LogP contribution in [0.2, 0.25) is 10.0 Å². The molecule has 2 heterocycles. The zero-order valence-corrected chi connectivity index (χ0v) is 16.9. The SMILES string of the molecule is CC(C)Oc1ncc(C#N)cc1Cl.CC(C)Oc1ncc(C(N)=O)cc1Cl. The van der Waals surface area contributed by atoms with Crippen LogP contribution in [0.1, 0.15) is 43.6 Å². The van der Waals surface area contributed by atoms with Crippen molar-refractivity contribution in [1.82, 2.24) is 9.97 Å². The van der Waals surface area contributed by atoms with Crippen molar-refractivity contribution in [3.8, 4) is 17.8 Å². The van der Waals surface area contributed by atoms with E-state index in [1.807, 2.05) is 33.8 Å². The molecule has 0 aliphatic heterocycles. The number of nitrogens with two attached hydrogens (primary N) is 1. The second-order valence-corrected chi connectivity index (χ2v) is 6.65. The molecular formula is C18H20Cl2N4O3. The van der Waals surface area contributed by atoms with E-state index in [2.05, 4.69) is 9.97 Å². The van der Waals surface area contributed by atoms with Gasteiger partial charge in [0.1, 0.15) is 16.1 Å². The number of primary amides is 1. The lowest BCUT2D eigenvalue weighted by molar-refractivity contribution is 0.1000. The van der Waals surface area contributed by atoms with Crippen molar-refractivity contribution in [3.63, 3.8) is 0 Å². The summed E-state index contributed by atoms with van der Waals surface area (Å²) in [5.74, 6) is 0.123. The smallest absolute Gasteiger partial charge is 0.250 e. The lowest BCUT2D eigenvalue weighted by Crippen LogP contribution is -2.12. The Morgan fingerprint density at radius 2 is 1.52 bits per heavy atom. The molecule has 0 aliphatic carbocycles. The van der Waals surface area contributed by atoms with Crippen LogP contribution in [0.25, 0.3) is 0 Å². The average Bonchev–Trinajstić information content (AvgIpc) is 2.58. The van der Waals surface area contributed by atoms with E-state index in [1.54, 1.807) is 0 Å². The molecule has 0 aliphatic rings. The van der Waals surface area contributed by atoms with Gasteiger partial charge in [0.05, 0.1) is 23.3 Å². The quantitative estimate of drug-likeness (QED) is 0.796. The summed E-state index contributed by atoms with van der Waals surface area (Å²) in [6.07, 6.45) is 2.78. The fraction of sp³-hybridized carbons (Fsp3) is 0.333. The fourth-order valence-electron chi connectivity index (χ4n) is 1.67. The average molecular weight is 411 g/mol. The van der Waals surface area contributed by atoms with Crippen molar-refractivity contribution >= 4 is 29.1 Å². The van der Waals surface area contributed by atoms with Gasteiger partial charge in [0.2, 0.25) is 17.7 Å². The number of aromatic nitrogens is 2. The molecule has 7 nitrogen and oxygen atoms in total. The van der Waals surface area contributed by atoms with Crippen LogP contribution in [0, 0.1) is 11.3 Å². The van der Waals surface area contributed by atoms with E-state index in [4.69, 9.17) is 43.7 Å². The van der Waals surface area contributed by atoms with Crippen molar-refractivity contribution in [2.24, 2.45) is 5.73 Å². The maximum atomic E-state index is 10.8. The minimum absolute atomic E-state index is 0.0144. The molecule has 144 valence electrons. The summed E-state index contributed by atoms with van der Waals surface area (Å²) in [5.41, 5.74) is 5.76. The molecule has 0 fully saturated rings. The van der Waals surface area contributed by atoms with Crippen LogP contribution in [-0.4, -0.2) is 28.1 Å². The molecule has 0 saturated heterocycles. The fourth-order valence-corrected chi connectivity index (χ4v) is 2.09. The number of halogens is 2. The maximum absolute atomic E-state index is 10.8. The largest absolute Gasteiger partial charge is 0.474 e. The predicted molar refractivity (Wildman–Crippen MR) is 103 cm³/mol. The highest BCUT2D eigenvalue weighted by Crippen LogP contribution is 2.23. The number of pyridine rings is 2. The Labute approximate surface area is 168 Å². The lowest BCUT2D eigenvalue weighted by Gasteiger charge is -2.09. The summed E-state index contributed by atoms with van der Waals surface area (Å²) in [5, 5.41) is 9.20. The first-order valence-corrected chi connectivity index (χ1v) is 8.74. The molecule has 0 unspecified atom stereocenters. The van der Waals surface area contributed by atoms with Crippen LogP contribution in [0.5, 0.6) is 11.8 Å². The van der Waals surface area contributed by atoms with Crippen LogP contribution in [0.4, 0.5) is 0 Å².